The van der Waals surface area contributed by atoms with E-state index in [-0.39, 0.29) is 19.0 Å². The molecule has 1 aliphatic heterocycles. The van der Waals surface area contributed by atoms with E-state index in [2.05, 4.69) is 4.98 Å². The molecule has 0 atom stereocenters. The number of nitrogens with zero attached hydrogens (tertiary/aromatic N) is 3. The Bertz CT molecular complexity index is 1170. The molecule has 2 aromatic carbocycles. The molecule has 1 aromatic heterocycles. The van der Waals surface area contributed by atoms with Crippen molar-refractivity contribution in [1.82, 2.24) is 14.2 Å². The topological polar surface area (TPSA) is 70.6 Å². The fraction of sp³-hybridized carbons (Fsp3) is 0.273. The smallest absolute Gasteiger partial charge is 0.265 e. The number of rotatable bonds is 4. The Morgan fingerprint density at radius 3 is 2.37 bits per heavy atom. The van der Waals surface area contributed by atoms with Crippen LogP contribution >= 0.6 is 11.3 Å². The van der Waals surface area contributed by atoms with E-state index in [0.29, 0.717) is 22.9 Å². The van der Waals surface area contributed by atoms with Crippen molar-refractivity contribution in [3.63, 3.8) is 0 Å². The highest BCUT2D eigenvalue weighted by atomic mass is 32.2. The van der Waals surface area contributed by atoms with Crippen molar-refractivity contribution >= 4 is 27.3 Å². The van der Waals surface area contributed by atoms with E-state index in [9.17, 15) is 13.2 Å². The number of benzene rings is 2. The Morgan fingerprint density at radius 2 is 1.70 bits per heavy atom. The van der Waals surface area contributed by atoms with Gasteiger partial charge >= 0.3 is 0 Å². The number of carbonyl (C=O) groups excluding carboxylic acids is 1. The minimum absolute atomic E-state index is 0.0988. The highest BCUT2D eigenvalue weighted by Crippen LogP contribution is 2.27. The van der Waals surface area contributed by atoms with Gasteiger partial charge in [0, 0.05) is 31.7 Å². The van der Waals surface area contributed by atoms with Crippen molar-refractivity contribution in [2.24, 2.45) is 0 Å². The molecular weight excluding hydrogens is 418 g/mol. The molecule has 1 saturated heterocycles. The minimum Gasteiger partial charge on any atom is -0.335 e. The average molecular weight is 442 g/mol. The number of aromatic nitrogens is 1. The summed E-state index contributed by atoms with van der Waals surface area (Å²) < 4.78 is 27.6. The normalized spacial score (nSPS) is 15.3. The van der Waals surface area contributed by atoms with Crippen LogP contribution in [-0.2, 0) is 10.0 Å². The number of piperazine rings is 1. The van der Waals surface area contributed by atoms with Crippen LogP contribution in [0, 0.1) is 13.8 Å². The van der Waals surface area contributed by atoms with Gasteiger partial charge in [0.15, 0.2) is 0 Å². The summed E-state index contributed by atoms with van der Waals surface area (Å²) in [6.45, 7) is 5.05. The summed E-state index contributed by atoms with van der Waals surface area (Å²) in [4.78, 5) is 19.9. The highest BCUT2D eigenvalue weighted by Gasteiger charge is 2.31. The summed E-state index contributed by atoms with van der Waals surface area (Å²) in [6, 6.07) is 15.1. The number of carbonyl (C=O) groups is 1. The Morgan fingerprint density at radius 1 is 1.00 bits per heavy atom. The maximum Gasteiger partial charge on any atom is 0.265 e. The molecule has 0 spiro atoms. The van der Waals surface area contributed by atoms with Crippen molar-refractivity contribution in [3.05, 3.63) is 70.7 Å². The quantitative estimate of drug-likeness (QED) is 0.621. The zero-order valence-corrected chi connectivity index (χ0v) is 18.5. The Kier molecular flexibility index (Phi) is 5.73. The molecular formula is C22H23N3O3S2. The summed E-state index contributed by atoms with van der Waals surface area (Å²) in [5.41, 5.74) is 2.75. The summed E-state index contributed by atoms with van der Waals surface area (Å²) in [5, 5.41) is 0.801. The molecule has 0 N–H and O–H groups in total. The van der Waals surface area contributed by atoms with Crippen LogP contribution in [0.2, 0.25) is 0 Å². The molecule has 4 rings (SSSR count). The van der Waals surface area contributed by atoms with Gasteiger partial charge in [0.25, 0.3) is 5.91 Å². The molecule has 0 bridgehead atoms. The van der Waals surface area contributed by atoms with Gasteiger partial charge in [0.2, 0.25) is 10.0 Å². The molecule has 8 heteroatoms. The van der Waals surface area contributed by atoms with Crippen LogP contribution in [0.3, 0.4) is 0 Å². The predicted molar refractivity (Wildman–Crippen MR) is 118 cm³/mol. The van der Waals surface area contributed by atoms with Crippen molar-refractivity contribution in [1.29, 1.82) is 0 Å². The number of sulfonamides is 1. The second-order valence-corrected chi connectivity index (χ2v) is 10.3. The lowest BCUT2D eigenvalue weighted by Crippen LogP contribution is -2.50. The second kappa shape index (κ2) is 8.29. The van der Waals surface area contributed by atoms with E-state index in [4.69, 9.17) is 0 Å². The molecule has 0 saturated carbocycles. The molecule has 0 unspecified atom stereocenters. The Labute approximate surface area is 180 Å². The first-order chi connectivity index (χ1) is 14.4. The minimum atomic E-state index is -3.57. The van der Waals surface area contributed by atoms with Crippen LogP contribution in [0.4, 0.5) is 0 Å². The van der Waals surface area contributed by atoms with Crippen LogP contribution in [0.5, 0.6) is 0 Å². The second-order valence-electron chi connectivity index (χ2n) is 7.36. The van der Waals surface area contributed by atoms with Gasteiger partial charge in [-0.15, -0.1) is 11.3 Å². The van der Waals surface area contributed by atoms with Crippen molar-refractivity contribution in [3.8, 4) is 10.6 Å². The highest BCUT2D eigenvalue weighted by molar-refractivity contribution is 7.89. The first-order valence-corrected chi connectivity index (χ1v) is 12.0. The molecule has 3 aromatic rings. The molecule has 1 aliphatic rings. The molecule has 30 heavy (non-hydrogen) atoms. The third-order valence-electron chi connectivity index (χ3n) is 5.21. The van der Waals surface area contributed by atoms with Gasteiger partial charge in [-0.2, -0.15) is 4.31 Å². The third-order valence-corrected chi connectivity index (χ3v) is 8.30. The molecule has 1 fully saturated rings. The maximum atomic E-state index is 13.0. The van der Waals surface area contributed by atoms with Crippen molar-refractivity contribution in [2.45, 2.75) is 18.7 Å². The van der Waals surface area contributed by atoms with Crippen LogP contribution < -0.4 is 0 Å². The van der Waals surface area contributed by atoms with Gasteiger partial charge in [-0.05, 0) is 25.5 Å². The lowest BCUT2D eigenvalue weighted by atomic mass is 10.2. The Hall–Kier alpha value is -2.55. The number of thiazole rings is 1. The van der Waals surface area contributed by atoms with Gasteiger partial charge < -0.3 is 4.90 Å². The van der Waals surface area contributed by atoms with Crippen molar-refractivity contribution in [2.75, 3.05) is 26.2 Å². The SMILES string of the molecule is Cc1ccc(S(=O)(=O)N2CCN(C(=O)c3cnc(-c4ccccc4)s3)CC2)c(C)c1. The molecule has 1 amide bonds. The lowest BCUT2D eigenvalue weighted by molar-refractivity contribution is 0.0702. The molecule has 0 aliphatic carbocycles. The summed E-state index contributed by atoms with van der Waals surface area (Å²) >= 11 is 1.36. The fourth-order valence-corrected chi connectivity index (χ4v) is 6.12. The van der Waals surface area contributed by atoms with E-state index < -0.39 is 10.0 Å². The number of amides is 1. The van der Waals surface area contributed by atoms with E-state index in [1.807, 2.05) is 56.3 Å². The number of hydrogen-bond acceptors (Lipinski definition) is 5. The number of hydrogen-bond donors (Lipinski definition) is 0. The van der Waals surface area contributed by atoms with Crippen molar-refractivity contribution < 1.29 is 13.2 Å². The van der Waals surface area contributed by atoms with Crippen LogP contribution in [0.1, 0.15) is 20.8 Å². The Balaban J connectivity index is 1.44. The van der Waals surface area contributed by atoms with E-state index in [1.54, 1.807) is 17.2 Å². The van der Waals surface area contributed by atoms with Gasteiger partial charge in [-0.25, -0.2) is 13.4 Å². The lowest BCUT2D eigenvalue weighted by Gasteiger charge is -2.34. The zero-order valence-electron chi connectivity index (χ0n) is 16.9. The van der Waals surface area contributed by atoms with E-state index >= 15 is 0 Å². The van der Waals surface area contributed by atoms with Gasteiger partial charge in [-0.1, -0.05) is 48.0 Å². The molecule has 156 valence electrons. The summed E-state index contributed by atoms with van der Waals surface area (Å²) in [5.74, 6) is -0.0988. The fourth-order valence-electron chi connectivity index (χ4n) is 3.60. The predicted octanol–water partition coefficient (Wildman–Crippen LogP) is 3.57. The number of aryl methyl sites for hydroxylation is 2. The summed E-state index contributed by atoms with van der Waals surface area (Å²) in [7, 11) is -3.57. The first kappa shape index (κ1) is 20.7. The third kappa shape index (κ3) is 4.03. The van der Waals surface area contributed by atoms with Crippen LogP contribution in [0.15, 0.2) is 59.6 Å². The standard InChI is InChI=1S/C22H23N3O3S2/c1-16-8-9-20(17(2)14-16)30(27,28)25-12-10-24(11-13-25)22(26)19-15-23-21(29-19)18-6-4-3-5-7-18/h3-9,14-15H,10-13H2,1-2H3. The monoisotopic (exact) mass is 441 g/mol. The first-order valence-electron chi connectivity index (χ1n) is 9.74. The maximum absolute atomic E-state index is 13.0. The van der Waals surface area contributed by atoms with E-state index in [1.165, 1.54) is 15.6 Å². The van der Waals surface area contributed by atoms with Gasteiger partial charge in [0.05, 0.1) is 11.1 Å². The molecule has 6 nitrogen and oxygen atoms in total. The molecule has 2 heterocycles. The van der Waals surface area contributed by atoms with Crippen LogP contribution in [-0.4, -0.2) is 54.7 Å². The van der Waals surface area contributed by atoms with Gasteiger partial charge in [0.1, 0.15) is 9.88 Å². The zero-order chi connectivity index (χ0) is 21.3. The average Bonchev–Trinajstić information content (AvgIpc) is 3.24. The largest absolute Gasteiger partial charge is 0.335 e. The van der Waals surface area contributed by atoms with Crippen LogP contribution in [0.25, 0.3) is 10.6 Å². The summed E-state index contributed by atoms with van der Waals surface area (Å²) in [6.07, 6.45) is 1.61. The molecule has 0 radical (unpaired) electrons. The van der Waals surface area contributed by atoms with E-state index in [0.717, 1.165) is 21.7 Å². The van der Waals surface area contributed by atoms with Gasteiger partial charge in [-0.3, -0.25) is 4.79 Å².